The molecule has 0 aromatic heterocycles. The van der Waals surface area contributed by atoms with E-state index in [0.717, 1.165) is 39.0 Å². The number of hydrogen-bond acceptors (Lipinski definition) is 3. The molecule has 1 N–H and O–H groups in total. The van der Waals surface area contributed by atoms with Crippen LogP contribution in [0.5, 0.6) is 0 Å². The Balaban J connectivity index is 1.67. The van der Waals surface area contributed by atoms with Gasteiger partial charge in [0, 0.05) is 32.2 Å². The van der Waals surface area contributed by atoms with Crippen LogP contribution in [0.2, 0.25) is 0 Å². The Labute approximate surface area is 101 Å². The number of nitrogens with one attached hydrogen (secondary N) is 1. The third-order valence-electron chi connectivity index (χ3n) is 4.38. The molecule has 3 rings (SSSR count). The van der Waals surface area contributed by atoms with Gasteiger partial charge in [-0.05, 0) is 12.8 Å². The van der Waals surface area contributed by atoms with E-state index in [4.69, 9.17) is 5.26 Å². The van der Waals surface area contributed by atoms with Crippen LogP contribution in [-0.2, 0) is 0 Å². The number of carbonyl (C=O) groups excluding carboxylic acids is 1. The minimum Gasteiger partial charge on any atom is -0.336 e. The Hall–Kier alpha value is -1.28. The highest BCUT2D eigenvalue weighted by molar-refractivity contribution is 5.77. The molecular formula is C12H18N4O. The second-order valence-corrected chi connectivity index (χ2v) is 5.26. The topological polar surface area (TPSA) is 59.4 Å². The fourth-order valence-electron chi connectivity index (χ4n) is 3.46. The van der Waals surface area contributed by atoms with Crippen LogP contribution in [0.3, 0.4) is 0 Å². The monoisotopic (exact) mass is 234 g/mol. The smallest absolute Gasteiger partial charge is 0.317 e. The van der Waals surface area contributed by atoms with Crippen LogP contribution in [0, 0.1) is 17.2 Å². The number of hydrogen-bond donors (Lipinski definition) is 1. The van der Waals surface area contributed by atoms with Crippen molar-refractivity contribution in [2.75, 3.05) is 26.2 Å². The van der Waals surface area contributed by atoms with Gasteiger partial charge in [0.2, 0.25) is 0 Å². The average molecular weight is 234 g/mol. The van der Waals surface area contributed by atoms with Crippen LogP contribution in [0.15, 0.2) is 0 Å². The number of fused-ring (bicyclic) bond motifs is 1. The lowest BCUT2D eigenvalue weighted by molar-refractivity contribution is 0.0808. The molecule has 0 aromatic rings. The minimum absolute atomic E-state index is 0.0814. The summed E-state index contributed by atoms with van der Waals surface area (Å²) in [5.41, 5.74) is 0. The second-order valence-electron chi connectivity index (χ2n) is 5.26. The highest BCUT2D eigenvalue weighted by Gasteiger charge is 2.40. The van der Waals surface area contributed by atoms with Gasteiger partial charge in [0.1, 0.15) is 0 Å². The highest BCUT2D eigenvalue weighted by atomic mass is 16.2. The average Bonchev–Trinajstić information content (AvgIpc) is 2.96. The standard InChI is InChI=1S/C12H18N4O/c13-6-9-2-1-3-11(9)15-4-5-16-10(8-15)7-14-12(16)17/h9-11H,1-5,7-8H2,(H,14,17). The van der Waals surface area contributed by atoms with Crippen LogP contribution < -0.4 is 5.32 Å². The Bertz CT molecular complexity index is 364. The molecule has 1 saturated carbocycles. The molecule has 2 saturated heterocycles. The molecule has 5 heteroatoms. The lowest BCUT2D eigenvalue weighted by Gasteiger charge is -2.40. The zero-order chi connectivity index (χ0) is 11.8. The van der Waals surface area contributed by atoms with Crippen molar-refractivity contribution in [3.63, 3.8) is 0 Å². The first-order chi connectivity index (χ1) is 8.29. The zero-order valence-electron chi connectivity index (χ0n) is 9.93. The molecule has 92 valence electrons. The summed E-state index contributed by atoms with van der Waals surface area (Å²) in [5, 5.41) is 12.0. The van der Waals surface area contributed by atoms with Crippen LogP contribution in [-0.4, -0.2) is 54.1 Å². The summed E-state index contributed by atoms with van der Waals surface area (Å²) in [7, 11) is 0. The molecule has 2 heterocycles. The number of carbonyl (C=O) groups is 1. The molecule has 17 heavy (non-hydrogen) atoms. The van der Waals surface area contributed by atoms with Gasteiger partial charge in [-0.3, -0.25) is 4.90 Å². The van der Waals surface area contributed by atoms with Crippen LogP contribution >= 0.6 is 0 Å². The summed E-state index contributed by atoms with van der Waals surface area (Å²) in [4.78, 5) is 15.9. The number of nitrogens with zero attached hydrogens (tertiary/aromatic N) is 3. The largest absolute Gasteiger partial charge is 0.336 e. The van der Waals surface area contributed by atoms with Crippen LogP contribution in [0.4, 0.5) is 4.79 Å². The van der Waals surface area contributed by atoms with Gasteiger partial charge in [0.05, 0.1) is 18.0 Å². The van der Waals surface area contributed by atoms with Crippen molar-refractivity contribution < 1.29 is 4.79 Å². The first kappa shape index (κ1) is 10.8. The van der Waals surface area contributed by atoms with Crippen molar-refractivity contribution in [2.24, 2.45) is 5.92 Å². The summed E-state index contributed by atoms with van der Waals surface area (Å²) in [6.45, 7) is 3.43. The molecule has 0 radical (unpaired) electrons. The Morgan fingerprint density at radius 3 is 3.06 bits per heavy atom. The fraction of sp³-hybridized carbons (Fsp3) is 0.833. The van der Waals surface area contributed by atoms with Crippen molar-refractivity contribution >= 4 is 6.03 Å². The normalized spacial score (nSPS) is 37.7. The third kappa shape index (κ3) is 1.77. The molecule has 0 aromatic carbocycles. The fourth-order valence-corrected chi connectivity index (χ4v) is 3.46. The summed E-state index contributed by atoms with van der Waals surface area (Å²) in [5.74, 6) is 0.201. The van der Waals surface area contributed by atoms with E-state index < -0.39 is 0 Å². The van der Waals surface area contributed by atoms with Gasteiger partial charge < -0.3 is 10.2 Å². The van der Waals surface area contributed by atoms with Gasteiger partial charge in [0.25, 0.3) is 0 Å². The molecule has 2 aliphatic heterocycles. The molecule has 3 unspecified atom stereocenters. The van der Waals surface area contributed by atoms with E-state index in [-0.39, 0.29) is 11.9 Å². The van der Waals surface area contributed by atoms with Crippen molar-refractivity contribution in [3.8, 4) is 6.07 Å². The van der Waals surface area contributed by atoms with E-state index >= 15 is 0 Å². The lowest BCUT2D eigenvalue weighted by Crippen LogP contribution is -2.55. The first-order valence-electron chi connectivity index (χ1n) is 6.47. The van der Waals surface area contributed by atoms with Gasteiger partial charge in [-0.2, -0.15) is 5.26 Å². The van der Waals surface area contributed by atoms with Gasteiger partial charge in [-0.15, -0.1) is 0 Å². The SMILES string of the molecule is N#CC1CCCC1N1CCN2C(=O)NCC2C1. The molecule has 0 bridgehead atoms. The van der Waals surface area contributed by atoms with E-state index in [1.807, 2.05) is 4.90 Å². The van der Waals surface area contributed by atoms with Crippen LogP contribution in [0.1, 0.15) is 19.3 Å². The number of rotatable bonds is 1. The van der Waals surface area contributed by atoms with Crippen LogP contribution in [0.25, 0.3) is 0 Å². The molecule has 3 fully saturated rings. The number of nitriles is 1. The maximum absolute atomic E-state index is 11.5. The molecule has 0 spiro atoms. The molecule has 3 aliphatic rings. The molecule has 2 amide bonds. The maximum atomic E-state index is 11.5. The Morgan fingerprint density at radius 2 is 2.24 bits per heavy atom. The van der Waals surface area contributed by atoms with Crippen molar-refractivity contribution in [3.05, 3.63) is 0 Å². The second kappa shape index (κ2) is 4.19. The summed E-state index contributed by atoms with van der Waals surface area (Å²) >= 11 is 0. The zero-order valence-corrected chi connectivity index (χ0v) is 9.93. The third-order valence-corrected chi connectivity index (χ3v) is 4.38. The molecule has 1 aliphatic carbocycles. The van der Waals surface area contributed by atoms with E-state index in [1.165, 1.54) is 6.42 Å². The Morgan fingerprint density at radius 1 is 1.35 bits per heavy atom. The van der Waals surface area contributed by atoms with E-state index in [0.29, 0.717) is 12.1 Å². The lowest BCUT2D eigenvalue weighted by atomic mass is 10.0. The van der Waals surface area contributed by atoms with Crippen molar-refractivity contribution in [2.45, 2.75) is 31.3 Å². The van der Waals surface area contributed by atoms with E-state index in [9.17, 15) is 4.79 Å². The predicted molar refractivity (Wildman–Crippen MR) is 62.2 cm³/mol. The summed E-state index contributed by atoms with van der Waals surface area (Å²) < 4.78 is 0. The minimum atomic E-state index is 0.0814. The van der Waals surface area contributed by atoms with Gasteiger partial charge >= 0.3 is 6.03 Å². The maximum Gasteiger partial charge on any atom is 0.317 e. The van der Waals surface area contributed by atoms with Gasteiger partial charge in [-0.1, -0.05) is 6.42 Å². The van der Waals surface area contributed by atoms with Crippen molar-refractivity contribution in [1.82, 2.24) is 15.1 Å². The first-order valence-corrected chi connectivity index (χ1v) is 6.47. The molecule has 3 atom stereocenters. The quantitative estimate of drug-likeness (QED) is 0.714. The Kier molecular flexibility index (Phi) is 2.67. The number of urea groups is 1. The predicted octanol–water partition coefficient (Wildman–Crippen LogP) is 0.388. The van der Waals surface area contributed by atoms with Crippen molar-refractivity contribution in [1.29, 1.82) is 5.26 Å². The number of piperazine rings is 1. The van der Waals surface area contributed by atoms with E-state index in [2.05, 4.69) is 16.3 Å². The van der Waals surface area contributed by atoms with E-state index in [1.54, 1.807) is 0 Å². The highest BCUT2D eigenvalue weighted by Crippen LogP contribution is 2.31. The van der Waals surface area contributed by atoms with Gasteiger partial charge in [-0.25, -0.2) is 4.79 Å². The summed E-state index contributed by atoms with van der Waals surface area (Å²) in [6.07, 6.45) is 3.36. The molecule has 5 nitrogen and oxygen atoms in total. The summed E-state index contributed by atoms with van der Waals surface area (Å²) in [6, 6.07) is 3.27. The number of amides is 2. The van der Waals surface area contributed by atoms with Gasteiger partial charge in [0.15, 0.2) is 0 Å². The molecular weight excluding hydrogens is 216 g/mol.